The van der Waals surface area contributed by atoms with Gasteiger partial charge in [0, 0.05) is 20.1 Å². The van der Waals surface area contributed by atoms with Crippen molar-refractivity contribution in [2.75, 3.05) is 33.7 Å². The number of hydrogen-bond donors (Lipinski definition) is 2. The van der Waals surface area contributed by atoms with Gasteiger partial charge in [-0.1, -0.05) is 6.07 Å². The molecule has 0 saturated carbocycles. The molecule has 0 unspecified atom stereocenters. The van der Waals surface area contributed by atoms with E-state index in [0.29, 0.717) is 24.5 Å². The van der Waals surface area contributed by atoms with Crippen LogP contribution in [0.1, 0.15) is 30.4 Å². The van der Waals surface area contributed by atoms with Crippen LogP contribution >= 0.6 is 0 Å². The molecule has 1 fully saturated rings. The topological polar surface area (TPSA) is 39.7 Å². The van der Waals surface area contributed by atoms with E-state index in [9.17, 15) is 17.6 Å². The van der Waals surface area contributed by atoms with Crippen LogP contribution in [-0.2, 0) is 12.7 Å². The van der Waals surface area contributed by atoms with Crippen LogP contribution in [0.5, 0.6) is 0 Å². The molecule has 0 spiro atoms. The maximum Gasteiger partial charge on any atom is 0.416 e. The number of rotatable bonds is 5. The van der Waals surface area contributed by atoms with Crippen LogP contribution in [0.25, 0.3) is 0 Å². The molecule has 1 aliphatic heterocycles. The van der Waals surface area contributed by atoms with Gasteiger partial charge in [0.1, 0.15) is 5.82 Å². The molecule has 0 amide bonds. The summed E-state index contributed by atoms with van der Waals surface area (Å²) in [5.74, 6) is 0.197. The molecular formula is C18H26F4N4. The van der Waals surface area contributed by atoms with E-state index in [4.69, 9.17) is 0 Å². The number of nitrogens with one attached hydrogen (secondary N) is 2. The largest absolute Gasteiger partial charge is 0.416 e. The monoisotopic (exact) mass is 374 g/mol. The molecule has 0 aliphatic carbocycles. The van der Waals surface area contributed by atoms with Crippen LogP contribution < -0.4 is 10.6 Å². The minimum absolute atomic E-state index is 0.0165. The van der Waals surface area contributed by atoms with Crippen molar-refractivity contribution in [2.24, 2.45) is 10.9 Å². The quantitative estimate of drug-likeness (QED) is 0.472. The SMILES string of the molecule is CN=C(NCCC1CCN(C)CC1)NCc1ccc(F)cc1C(F)(F)F. The number of aliphatic imine (C=N–C) groups is 1. The number of likely N-dealkylation sites (tertiary alicyclic amines) is 1. The summed E-state index contributed by atoms with van der Waals surface area (Å²) in [6.07, 6.45) is -1.27. The van der Waals surface area contributed by atoms with Crippen molar-refractivity contribution in [2.45, 2.75) is 32.0 Å². The van der Waals surface area contributed by atoms with Gasteiger partial charge >= 0.3 is 6.18 Å². The Balaban J connectivity index is 1.84. The first-order valence-electron chi connectivity index (χ1n) is 8.78. The van der Waals surface area contributed by atoms with Gasteiger partial charge in [0.25, 0.3) is 0 Å². The van der Waals surface area contributed by atoms with Crippen molar-refractivity contribution < 1.29 is 17.6 Å². The molecular weight excluding hydrogens is 348 g/mol. The van der Waals surface area contributed by atoms with Gasteiger partial charge in [-0.3, -0.25) is 4.99 Å². The number of guanidine groups is 1. The smallest absolute Gasteiger partial charge is 0.356 e. The standard InChI is InChI=1S/C18H26F4N4/c1-23-17(24-8-5-13-6-9-26(2)10-7-13)25-12-14-3-4-15(19)11-16(14)18(20,21)22/h3-4,11,13H,5-10,12H2,1-2H3,(H2,23,24,25). The Morgan fingerprint density at radius 1 is 1.23 bits per heavy atom. The molecule has 1 aliphatic rings. The number of nitrogens with zero attached hydrogens (tertiary/aromatic N) is 2. The Bertz CT molecular complexity index is 608. The Labute approximate surface area is 151 Å². The lowest BCUT2D eigenvalue weighted by Crippen LogP contribution is -2.39. The second-order valence-corrected chi connectivity index (χ2v) is 6.69. The van der Waals surface area contributed by atoms with Crippen molar-refractivity contribution in [1.82, 2.24) is 15.5 Å². The summed E-state index contributed by atoms with van der Waals surface area (Å²) in [7, 11) is 3.69. The van der Waals surface area contributed by atoms with E-state index in [1.54, 1.807) is 7.05 Å². The minimum atomic E-state index is -4.59. The molecule has 146 valence electrons. The molecule has 0 bridgehead atoms. The number of halogens is 4. The van der Waals surface area contributed by atoms with Crippen LogP contribution in [0.4, 0.5) is 17.6 Å². The lowest BCUT2D eigenvalue weighted by Gasteiger charge is -2.29. The highest BCUT2D eigenvalue weighted by Crippen LogP contribution is 2.32. The Morgan fingerprint density at radius 3 is 2.54 bits per heavy atom. The molecule has 0 aromatic heterocycles. The van der Waals surface area contributed by atoms with Gasteiger partial charge in [0.2, 0.25) is 0 Å². The number of alkyl halides is 3. The van der Waals surface area contributed by atoms with Crippen molar-refractivity contribution in [3.63, 3.8) is 0 Å². The normalized spacial score (nSPS) is 17.4. The van der Waals surface area contributed by atoms with Gasteiger partial charge in [0.15, 0.2) is 5.96 Å². The Hall–Kier alpha value is -1.83. The molecule has 26 heavy (non-hydrogen) atoms. The summed E-state index contributed by atoms with van der Waals surface area (Å²) < 4.78 is 52.2. The molecule has 0 atom stereocenters. The van der Waals surface area contributed by atoms with E-state index in [-0.39, 0.29) is 12.1 Å². The summed E-state index contributed by atoms with van der Waals surface area (Å²) >= 11 is 0. The summed E-state index contributed by atoms with van der Waals surface area (Å²) in [5, 5.41) is 6.01. The molecule has 1 saturated heterocycles. The van der Waals surface area contributed by atoms with Crippen molar-refractivity contribution >= 4 is 5.96 Å². The second-order valence-electron chi connectivity index (χ2n) is 6.69. The molecule has 1 aromatic carbocycles. The minimum Gasteiger partial charge on any atom is -0.356 e. The summed E-state index contributed by atoms with van der Waals surface area (Å²) in [6, 6.07) is 2.70. The van der Waals surface area contributed by atoms with Crippen LogP contribution in [0.2, 0.25) is 0 Å². The molecule has 4 nitrogen and oxygen atoms in total. The number of benzene rings is 1. The maximum atomic E-state index is 13.2. The second kappa shape index (κ2) is 9.21. The molecule has 1 aromatic rings. The van der Waals surface area contributed by atoms with E-state index in [1.807, 2.05) is 0 Å². The average Bonchev–Trinajstić information content (AvgIpc) is 2.59. The van der Waals surface area contributed by atoms with Gasteiger partial charge in [-0.25, -0.2) is 4.39 Å². The lowest BCUT2D eigenvalue weighted by molar-refractivity contribution is -0.138. The fraction of sp³-hybridized carbons (Fsp3) is 0.611. The van der Waals surface area contributed by atoms with Crippen molar-refractivity contribution in [3.05, 3.63) is 35.1 Å². The molecule has 8 heteroatoms. The van der Waals surface area contributed by atoms with Crippen LogP contribution in [-0.4, -0.2) is 44.6 Å². The van der Waals surface area contributed by atoms with Crippen LogP contribution in [0.3, 0.4) is 0 Å². The third-order valence-electron chi connectivity index (χ3n) is 4.73. The van der Waals surface area contributed by atoms with E-state index in [0.717, 1.165) is 44.5 Å². The third kappa shape index (κ3) is 6.16. The van der Waals surface area contributed by atoms with E-state index >= 15 is 0 Å². The van der Waals surface area contributed by atoms with Crippen molar-refractivity contribution in [1.29, 1.82) is 0 Å². The Kier molecular flexibility index (Phi) is 7.25. The predicted molar refractivity (Wildman–Crippen MR) is 94.4 cm³/mol. The zero-order chi connectivity index (χ0) is 19.2. The average molecular weight is 374 g/mol. The highest BCUT2D eigenvalue weighted by Gasteiger charge is 2.33. The fourth-order valence-electron chi connectivity index (χ4n) is 3.11. The van der Waals surface area contributed by atoms with Gasteiger partial charge in [-0.05, 0) is 63.0 Å². The van der Waals surface area contributed by atoms with Gasteiger partial charge in [-0.15, -0.1) is 0 Å². The third-order valence-corrected chi connectivity index (χ3v) is 4.73. The molecule has 2 N–H and O–H groups in total. The zero-order valence-electron chi connectivity index (χ0n) is 15.2. The lowest BCUT2D eigenvalue weighted by atomic mass is 9.94. The maximum absolute atomic E-state index is 13.2. The number of piperidine rings is 1. The zero-order valence-corrected chi connectivity index (χ0v) is 15.2. The fourth-order valence-corrected chi connectivity index (χ4v) is 3.11. The van der Waals surface area contributed by atoms with Crippen LogP contribution in [0, 0.1) is 11.7 Å². The highest BCUT2D eigenvalue weighted by atomic mass is 19.4. The van der Waals surface area contributed by atoms with Crippen LogP contribution in [0.15, 0.2) is 23.2 Å². The summed E-state index contributed by atoms with van der Waals surface area (Å²) in [6.45, 7) is 2.83. The first-order valence-corrected chi connectivity index (χ1v) is 8.78. The summed E-state index contributed by atoms with van der Waals surface area (Å²) in [4.78, 5) is 6.35. The van der Waals surface area contributed by atoms with E-state index in [2.05, 4.69) is 27.6 Å². The number of hydrogen-bond acceptors (Lipinski definition) is 2. The first kappa shape index (κ1) is 20.5. The molecule has 2 rings (SSSR count). The summed E-state index contributed by atoms with van der Waals surface area (Å²) in [5.41, 5.74) is -0.982. The van der Waals surface area contributed by atoms with Gasteiger partial charge in [-0.2, -0.15) is 13.2 Å². The molecule has 0 radical (unpaired) electrons. The molecule has 1 heterocycles. The van der Waals surface area contributed by atoms with Gasteiger partial charge < -0.3 is 15.5 Å². The van der Waals surface area contributed by atoms with E-state index < -0.39 is 17.6 Å². The predicted octanol–water partition coefficient (Wildman–Crippen LogP) is 3.24. The first-order chi connectivity index (χ1) is 12.3. The van der Waals surface area contributed by atoms with E-state index in [1.165, 1.54) is 0 Å². The van der Waals surface area contributed by atoms with Crippen molar-refractivity contribution in [3.8, 4) is 0 Å². The highest BCUT2D eigenvalue weighted by molar-refractivity contribution is 5.79. The van der Waals surface area contributed by atoms with Gasteiger partial charge in [0.05, 0.1) is 5.56 Å². The Morgan fingerprint density at radius 2 is 1.92 bits per heavy atom.